The minimum absolute atomic E-state index is 0.0389. The molecule has 1 aliphatic rings. The van der Waals surface area contributed by atoms with E-state index >= 15 is 0 Å². The Morgan fingerprint density at radius 1 is 1.35 bits per heavy atom. The molecule has 4 heterocycles. The zero-order valence-corrected chi connectivity index (χ0v) is 14.0. The second-order valence-corrected chi connectivity index (χ2v) is 6.61. The van der Waals surface area contributed by atoms with Crippen LogP contribution in [0.5, 0.6) is 0 Å². The molecule has 3 aromatic heterocycles. The van der Waals surface area contributed by atoms with Gasteiger partial charge in [0.25, 0.3) is 0 Å². The first-order valence-corrected chi connectivity index (χ1v) is 8.58. The van der Waals surface area contributed by atoms with E-state index in [2.05, 4.69) is 25.1 Å². The number of aromatic nitrogens is 4. The predicted octanol–water partition coefficient (Wildman–Crippen LogP) is 3.22. The molecule has 130 valence electrons. The molecule has 7 nitrogen and oxygen atoms in total. The van der Waals surface area contributed by atoms with Gasteiger partial charge in [0.1, 0.15) is 5.69 Å². The number of rotatable bonds is 3. The molecule has 1 amide bonds. The van der Waals surface area contributed by atoms with E-state index in [0.717, 1.165) is 40.7 Å². The number of benzene rings is 1. The van der Waals surface area contributed by atoms with E-state index in [9.17, 15) is 4.79 Å². The van der Waals surface area contributed by atoms with Crippen molar-refractivity contribution in [3.63, 3.8) is 0 Å². The molecule has 0 fully saturated rings. The summed E-state index contributed by atoms with van der Waals surface area (Å²) in [5.74, 6) is -0.0119. The summed E-state index contributed by atoms with van der Waals surface area (Å²) in [4.78, 5) is 16.9. The third-order valence-electron chi connectivity index (χ3n) is 4.96. The van der Waals surface area contributed by atoms with Gasteiger partial charge in [-0.05, 0) is 37.1 Å². The van der Waals surface area contributed by atoms with Gasteiger partial charge in [0, 0.05) is 35.1 Å². The van der Waals surface area contributed by atoms with E-state index < -0.39 is 0 Å². The van der Waals surface area contributed by atoms with Crippen molar-refractivity contribution in [1.29, 1.82) is 0 Å². The molecule has 0 spiro atoms. The van der Waals surface area contributed by atoms with Gasteiger partial charge in [-0.1, -0.05) is 0 Å². The monoisotopic (exact) mass is 347 g/mol. The number of aryl methyl sites for hydroxylation is 1. The number of furan rings is 1. The second-order valence-electron chi connectivity index (χ2n) is 6.61. The van der Waals surface area contributed by atoms with Crippen LogP contribution in [0.15, 0.2) is 53.7 Å². The zero-order valence-electron chi connectivity index (χ0n) is 14.0. The van der Waals surface area contributed by atoms with E-state index in [1.165, 1.54) is 5.69 Å². The Morgan fingerprint density at radius 2 is 2.31 bits per heavy atom. The lowest BCUT2D eigenvalue weighted by Crippen LogP contribution is -2.30. The van der Waals surface area contributed by atoms with Crippen LogP contribution >= 0.6 is 0 Å². The lowest BCUT2D eigenvalue weighted by molar-refractivity contribution is -0.120. The van der Waals surface area contributed by atoms with E-state index in [4.69, 9.17) is 4.42 Å². The number of carbonyl (C=O) groups is 1. The minimum atomic E-state index is -0.0508. The Balaban J connectivity index is 1.39. The van der Waals surface area contributed by atoms with Gasteiger partial charge < -0.3 is 14.3 Å². The largest absolute Gasteiger partial charge is 0.472 e. The molecule has 1 aliphatic heterocycles. The maximum absolute atomic E-state index is 12.7. The Bertz CT molecular complexity index is 1080. The first-order valence-electron chi connectivity index (χ1n) is 8.58. The summed E-state index contributed by atoms with van der Waals surface area (Å²) in [6.45, 7) is 0.676. The van der Waals surface area contributed by atoms with Gasteiger partial charge in [-0.2, -0.15) is 5.10 Å². The second kappa shape index (κ2) is 5.87. The normalized spacial score (nSPS) is 16.5. The van der Waals surface area contributed by atoms with Crippen LogP contribution in [0.25, 0.3) is 22.2 Å². The van der Waals surface area contributed by atoms with Crippen LogP contribution in [0.4, 0.5) is 5.69 Å². The smallest absolute Gasteiger partial charge is 0.229 e. The van der Waals surface area contributed by atoms with Gasteiger partial charge in [0.2, 0.25) is 5.91 Å². The zero-order chi connectivity index (χ0) is 17.5. The highest BCUT2D eigenvalue weighted by Crippen LogP contribution is 2.29. The minimum Gasteiger partial charge on any atom is -0.472 e. The van der Waals surface area contributed by atoms with Gasteiger partial charge in [0.05, 0.1) is 30.3 Å². The van der Waals surface area contributed by atoms with Gasteiger partial charge in [-0.3, -0.25) is 9.89 Å². The summed E-state index contributed by atoms with van der Waals surface area (Å²) in [6.07, 6.45) is 8.66. The fraction of sp³-hybridized carbons (Fsp3) is 0.211. The number of hydrogen-bond donors (Lipinski definition) is 2. The van der Waals surface area contributed by atoms with Crippen molar-refractivity contribution in [2.24, 2.45) is 5.92 Å². The number of amides is 1. The highest BCUT2D eigenvalue weighted by atomic mass is 16.3. The molecule has 0 aliphatic carbocycles. The fourth-order valence-electron chi connectivity index (χ4n) is 3.54. The van der Waals surface area contributed by atoms with Gasteiger partial charge >= 0.3 is 0 Å². The number of fused-ring (bicyclic) bond motifs is 2. The molecule has 1 atom stereocenters. The number of aromatic amines is 1. The van der Waals surface area contributed by atoms with Crippen molar-refractivity contribution < 1.29 is 9.21 Å². The molecule has 2 N–H and O–H groups in total. The van der Waals surface area contributed by atoms with Crippen molar-refractivity contribution >= 4 is 22.5 Å². The third-order valence-corrected chi connectivity index (χ3v) is 4.96. The molecule has 26 heavy (non-hydrogen) atoms. The summed E-state index contributed by atoms with van der Waals surface area (Å²) < 4.78 is 7.21. The molecule has 0 radical (unpaired) electrons. The van der Waals surface area contributed by atoms with Crippen molar-refractivity contribution in [3.05, 3.63) is 55.0 Å². The van der Waals surface area contributed by atoms with Gasteiger partial charge in [0.15, 0.2) is 0 Å². The molecule has 4 aromatic rings. The van der Waals surface area contributed by atoms with Gasteiger partial charge in [-0.25, -0.2) is 4.98 Å². The summed E-state index contributed by atoms with van der Waals surface area (Å²) in [7, 11) is 0. The fourth-order valence-corrected chi connectivity index (χ4v) is 3.54. The van der Waals surface area contributed by atoms with Crippen LogP contribution in [-0.4, -0.2) is 25.7 Å². The molecule has 1 unspecified atom stereocenters. The molecule has 5 rings (SSSR count). The van der Waals surface area contributed by atoms with Crippen LogP contribution in [0.1, 0.15) is 12.1 Å². The topological polar surface area (TPSA) is 88.7 Å². The molecule has 1 aromatic carbocycles. The van der Waals surface area contributed by atoms with E-state index in [1.54, 1.807) is 18.9 Å². The molecule has 7 heteroatoms. The molecular weight excluding hydrogens is 330 g/mol. The Hall–Kier alpha value is -3.35. The molecule has 0 bridgehead atoms. The van der Waals surface area contributed by atoms with E-state index in [1.807, 2.05) is 30.5 Å². The molecule has 0 saturated heterocycles. The van der Waals surface area contributed by atoms with Crippen LogP contribution in [0.2, 0.25) is 0 Å². The van der Waals surface area contributed by atoms with E-state index in [-0.39, 0.29) is 11.8 Å². The van der Waals surface area contributed by atoms with Crippen LogP contribution in [-0.2, 0) is 17.8 Å². The Labute approximate surface area is 149 Å². The summed E-state index contributed by atoms with van der Waals surface area (Å²) in [6, 6.07) is 7.63. The number of carbonyl (C=O) groups excluding carboxylic acids is 1. The summed E-state index contributed by atoms with van der Waals surface area (Å²) >= 11 is 0. The average Bonchev–Trinajstić information content (AvgIpc) is 3.40. The van der Waals surface area contributed by atoms with Crippen LogP contribution in [0.3, 0.4) is 0 Å². The maximum atomic E-state index is 12.7. The lowest BCUT2D eigenvalue weighted by atomic mass is 9.97. The number of hydrogen-bond acceptors (Lipinski definition) is 4. The number of imidazole rings is 1. The van der Waals surface area contributed by atoms with Crippen LogP contribution < -0.4 is 5.32 Å². The predicted molar refractivity (Wildman–Crippen MR) is 96.5 cm³/mol. The van der Waals surface area contributed by atoms with Crippen molar-refractivity contribution in [2.45, 2.75) is 19.4 Å². The first kappa shape index (κ1) is 14.9. The summed E-state index contributed by atoms with van der Waals surface area (Å²) in [5, 5.41) is 11.4. The van der Waals surface area contributed by atoms with Gasteiger partial charge in [-0.15, -0.1) is 0 Å². The summed E-state index contributed by atoms with van der Waals surface area (Å²) in [5.41, 5.74) is 4.59. The van der Waals surface area contributed by atoms with Crippen molar-refractivity contribution in [3.8, 4) is 11.3 Å². The third kappa shape index (κ3) is 2.48. The van der Waals surface area contributed by atoms with Crippen molar-refractivity contribution in [2.75, 3.05) is 5.32 Å². The Morgan fingerprint density at radius 3 is 3.19 bits per heavy atom. The SMILES string of the molecule is O=C(Nc1ccc2[nH]nc(-c3ccoc3)c2c1)C1CCc2cncn2C1. The highest BCUT2D eigenvalue weighted by molar-refractivity contribution is 5.98. The Kier molecular flexibility index (Phi) is 3.38. The standard InChI is InChI=1S/C19H17N5O2/c25-19(12-1-3-15-8-20-11-24(15)9-12)21-14-2-4-17-16(7-14)18(23-22-17)13-5-6-26-10-13/h2,4-8,10-12H,1,3,9H2,(H,21,25)(H,22,23). The average molecular weight is 347 g/mol. The number of H-pyrrole nitrogens is 1. The van der Waals surface area contributed by atoms with Crippen molar-refractivity contribution in [1.82, 2.24) is 19.7 Å². The maximum Gasteiger partial charge on any atom is 0.229 e. The first-order chi connectivity index (χ1) is 12.8. The highest BCUT2D eigenvalue weighted by Gasteiger charge is 2.24. The quantitative estimate of drug-likeness (QED) is 0.595. The number of anilines is 1. The van der Waals surface area contributed by atoms with E-state index in [0.29, 0.717) is 6.54 Å². The number of nitrogens with zero attached hydrogens (tertiary/aromatic N) is 3. The number of nitrogens with one attached hydrogen (secondary N) is 2. The molecule has 0 saturated carbocycles. The van der Waals surface area contributed by atoms with Crippen LogP contribution in [0, 0.1) is 5.92 Å². The lowest BCUT2D eigenvalue weighted by Gasteiger charge is -2.23. The molecular formula is C19H17N5O2.